The third-order valence-electron chi connectivity index (χ3n) is 6.01. The Morgan fingerprint density at radius 1 is 0.962 bits per heavy atom. The molecule has 0 heterocycles. The number of allylic oxidation sites excluding steroid dienone is 4. The van der Waals surface area contributed by atoms with Crippen LogP contribution in [-0.4, -0.2) is 0 Å². The fourth-order valence-electron chi connectivity index (χ4n) is 3.62. The summed E-state index contributed by atoms with van der Waals surface area (Å²) in [6.45, 7) is 24.4. The number of hydrogen-bond acceptors (Lipinski definition) is 0. The Morgan fingerprint density at radius 2 is 1.62 bits per heavy atom. The highest BCUT2D eigenvalue weighted by molar-refractivity contribution is 5.07. The van der Waals surface area contributed by atoms with E-state index in [0.29, 0.717) is 0 Å². The van der Waals surface area contributed by atoms with Crippen molar-refractivity contribution in [1.29, 1.82) is 0 Å². The second kappa shape index (κ2) is 14.3. The maximum atomic E-state index is 4.03. The molecule has 0 N–H and O–H groups in total. The summed E-state index contributed by atoms with van der Waals surface area (Å²) in [5.41, 5.74) is 2.92. The molecule has 0 aliphatic rings. The minimum atomic E-state index is 0.755. The predicted octanol–water partition coefficient (Wildman–Crippen LogP) is 9.00. The van der Waals surface area contributed by atoms with Crippen LogP contribution in [0.4, 0.5) is 0 Å². The Hall–Kier alpha value is -0.780. The molecular formula is C26H48. The zero-order valence-electron chi connectivity index (χ0n) is 19.1. The van der Waals surface area contributed by atoms with Crippen LogP contribution in [0.2, 0.25) is 0 Å². The van der Waals surface area contributed by atoms with Crippen LogP contribution in [0.1, 0.15) is 99.8 Å². The Morgan fingerprint density at radius 3 is 2.12 bits per heavy atom. The number of unbranched alkanes of at least 4 members (excludes halogenated alkanes) is 1. The molecule has 0 aliphatic carbocycles. The Balaban J connectivity index is 4.54. The van der Waals surface area contributed by atoms with Crippen LogP contribution in [0.5, 0.6) is 0 Å². The summed E-state index contributed by atoms with van der Waals surface area (Å²) in [6.07, 6.45) is 14.7. The molecule has 0 spiro atoms. The molecule has 0 fully saturated rings. The van der Waals surface area contributed by atoms with Crippen molar-refractivity contribution >= 4 is 0 Å². The molecule has 3 unspecified atom stereocenters. The van der Waals surface area contributed by atoms with E-state index >= 15 is 0 Å². The van der Waals surface area contributed by atoms with Crippen molar-refractivity contribution in [3.05, 3.63) is 36.5 Å². The topological polar surface area (TPSA) is 0 Å². The molecule has 0 saturated carbocycles. The molecule has 0 rings (SSSR count). The van der Waals surface area contributed by atoms with Gasteiger partial charge in [0.05, 0.1) is 0 Å². The van der Waals surface area contributed by atoms with E-state index in [0.717, 1.165) is 36.0 Å². The molecule has 0 radical (unpaired) electrons. The van der Waals surface area contributed by atoms with Crippen LogP contribution in [-0.2, 0) is 0 Å². The zero-order valence-corrected chi connectivity index (χ0v) is 19.1. The van der Waals surface area contributed by atoms with Gasteiger partial charge in [-0.3, -0.25) is 0 Å². The Bertz CT molecular complexity index is 410. The smallest absolute Gasteiger partial charge is 0.0141 e. The van der Waals surface area contributed by atoms with Crippen molar-refractivity contribution in [3.63, 3.8) is 0 Å². The Labute approximate surface area is 166 Å². The molecule has 152 valence electrons. The van der Waals surface area contributed by atoms with Crippen LogP contribution in [0.15, 0.2) is 36.5 Å². The van der Waals surface area contributed by atoms with Crippen molar-refractivity contribution in [3.8, 4) is 0 Å². The Kier molecular flexibility index (Phi) is 13.9. The average Bonchev–Trinajstić information content (AvgIpc) is 2.54. The van der Waals surface area contributed by atoms with E-state index in [2.05, 4.69) is 73.8 Å². The highest BCUT2D eigenvalue weighted by atomic mass is 14.2. The second-order valence-electron chi connectivity index (χ2n) is 9.56. The fraction of sp³-hybridized carbons (Fsp3) is 0.769. The summed E-state index contributed by atoms with van der Waals surface area (Å²) in [5, 5.41) is 0. The van der Waals surface area contributed by atoms with E-state index in [9.17, 15) is 0 Å². The van der Waals surface area contributed by atoms with E-state index in [1.807, 2.05) is 0 Å². The third kappa shape index (κ3) is 12.6. The molecule has 0 heteroatoms. The van der Waals surface area contributed by atoms with E-state index < -0.39 is 0 Å². The van der Waals surface area contributed by atoms with Gasteiger partial charge in [-0.1, -0.05) is 77.7 Å². The van der Waals surface area contributed by atoms with Crippen molar-refractivity contribution in [2.45, 2.75) is 99.8 Å². The highest BCUT2D eigenvalue weighted by Crippen LogP contribution is 2.29. The standard InChI is InChI=1S/C26H48/c1-10-13-25(19-24(9)21(4)5)17-16-23(8)18-26(22(6)7)15-12-11-14-20(2)3/h10,17,21-24,26H,1-2,11-16,18-19H2,3-9H3. The van der Waals surface area contributed by atoms with Gasteiger partial charge in [-0.25, -0.2) is 0 Å². The summed E-state index contributed by atoms with van der Waals surface area (Å²) in [6, 6.07) is 0. The second-order valence-corrected chi connectivity index (χ2v) is 9.56. The third-order valence-corrected chi connectivity index (χ3v) is 6.01. The zero-order chi connectivity index (χ0) is 20.1. The quantitative estimate of drug-likeness (QED) is 0.202. The SMILES string of the molecule is C=CCC(=CCC(C)CC(CCCCC(=C)C)C(C)C)CC(C)C(C)C. The van der Waals surface area contributed by atoms with Crippen molar-refractivity contribution in [1.82, 2.24) is 0 Å². The maximum absolute atomic E-state index is 4.03. The van der Waals surface area contributed by atoms with Gasteiger partial charge in [0.1, 0.15) is 0 Å². The lowest BCUT2D eigenvalue weighted by molar-refractivity contribution is 0.282. The molecular weight excluding hydrogens is 312 g/mol. The maximum Gasteiger partial charge on any atom is -0.0141 e. The molecule has 0 saturated heterocycles. The first-order chi connectivity index (χ1) is 12.2. The highest BCUT2D eigenvalue weighted by Gasteiger charge is 2.17. The molecule has 0 bridgehead atoms. The van der Waals surface area contributed by atoms with Gasteiger partial charge in [0.2, 0.25) is 0 Å². The van der Waals surface area contributed by atoms with Gasteiger partial charge in [0.25, 0.3) is 0 Å². The van der Waals surface area contributed by atoms with Crippen LogP contribution in [0.25, 0.3) is 0 Å². The van der Waals surface area contributed by atoms with Crippen LogP contribution in [0, 0.1) is 29.6 Å². The lowest BCUT2D eigenvalue weighted by atomic mass is 9.81. The van der Waals surface area contributed by atoms with E-state index in [4.69, 9.17) is 0 Å². The van der Waals surface area contributed by atoms with Crippen molar-refractivity contribution < 1.29 is 0 Å². The number of rotatable bonds is 15. The van der Waals surface area contributed by atoms with E-state index in [-0.39, 0.29) is 0 Å². The van der Waals surface area contributed by atoms with Gasteiger partial charge < -0.3 is 0 Å². The van der Waals surface area contributed by atoms with Crippen LogP contribution >= 0.6 is 0 Å². The molecule has 0 nitrogen and oxygen atoms in total. The first kappa shape index (κ1) is 25.2. The normalized spacial score (nSPS) is 16.0. The van der Waals surface area contributed by atoms with E-state index in [1.54, 1.807) is 5.57 Å². The molecule has 26 heavy (non-hydrogen) atoms. The molecule has 0 aromatic heterocycles. The van der Waals surface area contributed by atoms with Crippen molar-refractivity contribution in [2.75, 3.05) is 0 Å². The molecule has 0 aliphatic heterocycles. The van der Waals surface area contributed by atoms with Gasteiger partial charge in [0, 0.05) is 0 Å². The summed E-state index contributed by atoms with van der Waals surface area (Å²) >= 11 is 0. The summed E-state index contributed by atoms with van der Waals surface area (Å²) < 4.78 is 0. The summed E-state index contributed by atoms with van der Waals surface area (Å²) in [5.74, 6) is 3.94. The van der Waals surface area contributed by atoms with E-state index in [1.165, 1.54) is 50.5 Å². The number of hydrogen-bond donors (Lipinski definition) is 0. The van der Waals surface area contributed by atoms with Crippen LogP contribution < -0.4 is 0 Å². The average molecular weight is 361 g/mol. The lowest BCUT2D eigenvalue weighted by Crippen LogP contribution is -2.13. The van der Waals surface area contributed by atoms with Gasteiger partial charge in [0.15, 0.2) is 0 Å². The minimum absolute atomic E-state index is 0.755. The first-order valence-electron chi connectivity index (χ1n) is 11.1. The van der Waals surface area contributed by atoms with Gasteiger partial charge in [-0.05, 0) is 75.0 Å². The molecule has 0 amide bonds. The monoisotopic (exact) mass is 360 g/mol. The van der Waals surface area contributed by atoms with Gasteiger partial charge >= 0.3 is 0 Å². The fourth-order valence-corrected chi connectivity index (χ4v) is 3.62. The first-order valence-corrected chi connectivity index (χ1v) is 11.1. The largest absolute Gasteiger partial charge is 0.103 e. The van der Waals surface area contributed by atoms with Gasteiger partial charge in [-0.15, -0.1) is 13.2 Å². The summed E-state index contributed by atoms with van der Waals surface area (Å²) in [4.78, 5) is 0. The summed E-state index contributed by atoms with van der Waals surface area (Å²) in [7, 11) is 0. The van der Waals surface area contributed by atoms with Crippen molar-refractivity contribution in [2.24, 2.45) is 29.6 Å². The predicted molar refractivity (Wildman–Crippen MR) is 122 cm³/mol. The molecule has 0 aromatic rings. The van der Waals surface area contributed by atoms with Crippen LogP contribution in [0.3, 0.4) is 0 Å². The minimum Gasteiger partial charge on any atom is -0.103 e. The molecule has 3 atom stereocenters. The molecule has 0 aromatic carbocycles. The lowest BCUT2D eigenvalue weighted by Gasteiger charge is -2.24. The van der Waals surface area contributed by atoms with Gasteiger partial charge in [-0.2, -0.15) is 0 Å².